The Morgan fingerprint density at radius 1 is 1.00 bits per heavy atom. The van der Waals surface area contributed by atoms with Gasteiger partial charge in [0.05, 0.1) is 0 Å². The number of hydrogen-bond acceptors (Lipinski definition) is 1. The summed E-state index contributed by atoms with van der Waals surface area (Å²) in [6.07, 6.45) is 1.28. The highest BCUT2D eigenvalue weighted by Crippen LogP contribution is 2.29. The van der Waals surface area contributed by atoms with Crippen molar-refractivity contribution >= 4 is 27.8 Å². The van der Waals surface area contributed by atoms with Crippen LogP contribution < -0.4 is 0 Å². The van der Waals surface area contributed by atoms with E-state index >= 15 is 0 Å². The molecule has 3 heteroatoms. The van der Waals surface area contributed by atoms with Crippen LogP contribution in [0.5, 0.6) is 0 Å². The molecule has 0 bridgehead atoms. The largest absolute Gasteiger partial charge is 0.478 e. The average molecular weight is 279 g/mol. The Morgan fingerprint density at radius 3 is 2.05 bits per heavy atom. The fourth-order valence-corrected chi connectivity index (χ4v) is 2.80. The predicted molar refractivity (Wildman–Crippen MR) is 85.5 cm³/mol. The van der Waals surface area contributed by atoms with Crippen LogP contribution in [0.2, 0.25) is 0 Å². The monoisotopic (exact) mass is 279 g/mol. The van der Waals surface area contributed by atoms with Gasteiger partial charge in [0.2, 0.25) is 0 Å². The number of rotatable bonds is 5. The van der Waals surface area contributed by atoms with Crippen molar-refractivity contribution in [1.82, 2.24) is 4.57 Å². The van der Waals surface area contributed by atoms with Crippen molar-refractivity contribution in [3.63, 3.8) is 0 Å². The summed E-state index contributed by atoms with van der Waals surface area (Å²) in [5.41, 5.74) is 2.66. The van der Waals surface area contributed by atoms with Gasteiger partial charge in [0.1, 0.15) is 0 Å². The van der Waals surface area contributed by atoms with Crippen LogP contribution in [-0.4, -0.2) is 15.6 Å². The maximum Gasteiger partial charge on any atom is 0.330 e. The van der Waals surface area contributed by atoms with Gasteiger partial charge in [-0.1, -0.05) is 43.0 Å². The second kappa shape index (κ2) is 5.44. The molecular weight excluding hydrogens is 262 g/mol. The van der Waals surface area contributed by atoms with Crippen molar-refractivity contribution in [3.8, 4) is 0 Å². The second-order valence-corrected chi connectivity index (χ2v) is 5.20. The van der Waals surface area contributed by atoms with Crippen LogP contribution in [0.1, 0.15) is 12.8 Å². The molecule has 0 radical (unpaired) electrons. The van der Waals surface area contributed by atoms with Crippen molar-refractivity contribution in [3.05, 3.63) is 60.7 Å². The van der Waals surface area contributed by atoms with Crippen molar-refractivity contribution in [2.45, 2.75) is 19.4 Å². The molecule has 0 fully saturated rings. The highest BCUT2D eigenvalue weighted by Gasteiger charge is 2.10. The number of aromatic nitrogens is 1. The molecule has 3 aromatic rings. The lowest BCUT2D eigenvalue weighted by Crippen LogP contribution is -2.02. The van der Waals surface area contributed by atoms with Crippen molar-refractivity contribution in [2.75, 3.05) is 0 Å². The molecule has 106 valence electrons. The smallest absolute Gasteiger partial charge is 0.330 e. The van der Waals surface area contributed by atoms with E-state index in [0.29, 0.717) is 6.42 Å². The third-order valence-electron chi connectivity index (χ3n) is 3.84. The number of carbonyl (C=O) groups is 1. The highest BCUT2D eigenvalue weighted by molar-refractivity contribution is 6.07. The first-order valence-electron chi connectivity index (χ1n) is 7.05. The minimum absolute atomic E-state index is 0.274. The highest BCUT2D eigenvalue weighted by atomic mass is 16.4. The molecule has 0 unspecified atom stereocenters. The molecular formula is C18H17NO2. The van der Waals surface area contributed by atoms with E-state index in [9.17, 15) is 4.79 Å². The summed E-state index contributed by atoms with van der Waals surface area (Å²) in [7, 11) is 0. The zero-order valence-electron chi connectivity index (χ0n) is 11.7. The van der Waals surface area contributed by atoms with Gasteiger partial charge < -0.3 is 9.67 Å². The van der Waals surface area contributed by atoms with E-state index in [4.69, 9.17) is 5.11 Å². The molecule has 2 aromatic carbocycles. The Bertz CT molecular complexity index is 776. The van der Waals surface area contributed by atoms with E-state index in [-0.39, 0.29) is 5.57 Å². The van der Waals surface area contributed by atoms with Crippen LogP contribution in [-0.2, 0) is 11.3 Å². The number of hydrogen-bond donors (Lipinski definition) is 1. The Labute approximate surface area is 123 Å². The van der Waals surface area contributed by atoms with Crippen molar-refractivity contribution in [2.24, 2.45) is 0 Å². The lowest BCUT2D eigenvalue weighted by Gasteiger charge is -2.07. The van der Waals surface area contributed by atoms with E-state index in [1.807, 2.05) is 24.3 Å². The van der Waals surface area contributed by atoms with Crippen LogP contribution in [0.25, 0.3) is 21.8 Å². The molecule has 1 N–H and O–H groups in total. The van der Waals surface area contributed by atoms with Crippen LogP contribution in [0.4, 0.5) is 0 Å². The number of aliphatic carboxylic acids is 1. The van der Waals surface area contributed by atoms with Gasteiger partial charge in [-0.3, -0.25) is 0 Å². The standard InChI is InChI=1S/C18H17NO2/c1-13(18(20)21)7-6-12-19-16-10-4-2-8-14(16)15-9-3-5-11-17(15)19/h2-5,8-11H,1,6-7,12H2,(H,20,21). The summed E-state index contributed by atoms with van der Waals surface area (Å²) in [5, 5.41) is 11.4. The molecule has 0 aliphatic rings. The fraction of sp³-hybridized carbons (Fsp3) is 0.167. The van der Waals surface area contributed by atoms with E-state index in [0.717, 1.165) is 13.0 Å². The summed E-state index contributed by atoms with van der Waals surface area (Å²) in [4.78, 5) is 10.8. The minimum atomic E-state index is -0.905. The van der Waals surface area contributed by atoms with Crippen LogP contribution in [0.15, 0.2) is 60.7 Å². The van der Waals surface area contributed by atoms with Crippen LogP contribution in [0, 0.1) is 0 Å². The SMILES string of the molecule is C=C(CCCn1c2ccccc2c2ccccc21)C(=O)O. The molecule has 0 atom stereocenters. The molecule has 0 aliphatic carbocycles. The average Bonchev–Trinajstić information content (AvgIpc) is 2.82. The third-order valence-corrected chi connectivity index (χ3v) is 3.84. The summed E-state index contributed by atoms with van der Waals surface area (Å²) in [6, 6.07) is 16.6. The number of benzene rings is 2. The van der Waals surface area contributed by atoms with Gasteiger partial charge in [0.15, 0.2) is 0 Å². The summed E-state index contributed by atoms with van der Waals surface area (Å²) < 4.78 is 2.26. The van der Waals surface area contributed by atoms with Gasteiger partial charge in [0.25, 0.3) is 0 Å². The minimum Gasteiger partial charge on any atom is -0.478 e. The quantitative estimate of drug-likeness (QED) is 0.711. The zero-order valence-corrected chi connectivity index (χ0v) is 11.7. The first kappa shape index (κ1) is 13.4. The molecule has 0 saturated heterocycles. The predicted octanol–water partition coefficient (Wildman–Crippen LogP) is 4.22. The van der Waals surface area contributed by atoms with Gasteiger partial charge >= 0.3 is 5.97 Å². The van der Waals surface area contributed by atoms with E-state index in [2.05, 4.69) is 35.4 Å². The normalized spacial score (nSPS) is 11.0. The number of nitrogens with zero attached hydrogens (tertiary/aromatic N) is 1. The Kier molecular flexibility index (Phi) is 3.48. The van der Waals surface area contributed by atoms with E-state index in [1.54, 1.807) is 0 Å². The first-order valence-corrected chi connectivity index (χ1v) is 7.05. The summed E-state index contributed by atoms with van der Waals surface area (Å²) in [5.74, 6) is -0.905. The summed E-state index contributed by atoms with van der Waals surface area (Å²) in [6.45, 7) is 4.38. The molecule has 0 saturated carbocycles. The number of para-hydroxylation sites is 2. The molecule has 0 spiro atoms. The number of carboxylic acid groups (broad SMARTS) is 1. The maximum atomic E-state index is 10.8. The Morgan fingerprint density at radius 2 is 1.52 bits per heavy atom. The van der Waals surface area contributed by atoms with Crippen molar-refractivity contribution < 1.29 is 9.90 Å². The molecule has 1 heterocycles. The van der Waals surface area contributed by atoms with Gasteiger partial charge in [-0.2, -0.15) is 0 Å². The van der Waals surface area contributed by atoms with Crippen molar-refractivity contribution in [1.29, 1.82) is 0 Å². The van der Waals surface area contributed by atoms with E-state index < -0.39 is 5.97 Å². The van der Waals surface area contributed by atoms with Crippen LogP contribution >= 0.6 is 0 Å². The van der Waals surface area contributed by atoms with Gasteiger partial charge in [0, 0.05) is 33.9 Å². The topological polar surface area (TPSA) is 42.2 Å². The zero-order chi connectivity index (χ0) is 14.8. The lowest BCUT2D eigenvalue weighted by atomic mass is 10.1. The molecule has 1 aromatic heterocycles. The second-order valence-electron chi connectivity index (χ2n) is 5.20. The molecule has 21 heavy (non-hydrogen) atoms. The Hall–Kier alpha value is -2.55. The number of fused-ring (bicyclic) bond motifs is 3. The van der Waals surface area contributed by atoms with Gasteiger partial charge in [-0.05, 0) is 25.0 Å². The summed E-state index contributed by atoms with van der Waals surface area (Å²) >= 11 is 0. The Balaban J connectivity index is 1.96. The first-order chi connectivity index (χ1) is 10.2. The molecule has 0 amide bonds. The van der Waals surface area contributed by atoms with E-state index in [1.165, 1.54) is 21.8 Å². The maximum absolute atomic E-state index is 10.8. The number of carboxylic acids is 1. The van der Waals surface area contributed by atoms with Gasteiger partial charge in [-0.15, -0.1) is 0 Å². The third kappa shape index (κ3) is 2.42. The molecule has 0 aliphatic heterocycles. The fourth-order valence-electron chi connectivity index (χ4n) is 2.80. The van der Waals surface area contributed by atoms with Crippen LogP contribution in [0.3, 0.4) is 0 Å². The molecule has 3 nitrogen and oxygen atoms in total. The molecule has 3 rings (SSSR count). The van der Waals surface area contributed by atoms with Gasteiger partial charge in [-0.25, -0.2) is 4.79 Å². The lowest BCUT2D eigenvalue weighted by molar-refractivity contribution is -0.132. The number of aryl methyl sites for hydroxylation is 1.